The second kappa shape index (κ2) is 8.00. The van der Waals surface area contributed by atoms with Gasteiger partial charge >= 0.3 is 5.97 Å². The predicted octanol–water partition coefficient (Wildman–Crippen LogP) is 1.58. The number of nitrogens with two attached hydrogens (primary N) is 1. The van der Waals surface area contributed by atoms with Gasteiger partial charge in [-0.15, -0.1) is 0 Å². The molecule has 0 aliphatic carbocycles. The molecule has 0 atom stereocenters. The Bertz CT molecular complexity index is 499. The van der Waals surface area contributed by atoms with Crippen LogP contribution in [0, 0.1) is 0 Å². The van der Waals surface area contributed by atoms with E-state index >= 15 is 0 Å². The minimum absolute atomic E-state index is 0.157. The van der Waals surface area contributed by atoms with Gasteiger partial charge in [0.1, 0.15) is 0 Å². The smallest absolute Gasteiger partial charge is 0.340 e. The number of nitrogens with zero attached hydrogens (tertiary/aromatic N) is 1. The van der Waals surface area contributed by atoms with Crippen LogP contribution in [0.5, 0.6) is 0 Å². The number of anilines is 2. The molecule has 3 N–H and O–H groups in total. The normalized spacial score (nSPS) is 15.8. The highest BCUT2D eigenvalue weighted by Crippen LogP contribution is 2.20. The van der Waals surface area contributed by atoms with Gasteiger partial charge < -0.3 is 20.5 Å². The van der Waals surface area contributed by atoms with Gasteiger partial charge in [0, 0.05) is 37.6 Å². The number of ether oxygens (including phenoxy) is 2. The summed E-state index contributed by atoms with van der Waals surface area (Å²) >= 11 is 0. The predicted molar refractivity (Wildman–Crippen MR) is 87.2 cm³/mol. The minimum atomic E-state index is -0.351. The number of rotatable bonds is 6. The fraction of sp³-hybridized carbons (Fsp3) is 0.562. The lowest BCUT2D eigenvalue weighted by Crippen LogP contribution is -2.39. The van der Waals surface area contributed by atoms with Crippen molar-refractivity contribution in [3.63, 3.8) is 0 Å². The van der Waals surface area contributed by atoms with E-state index in [0.717, 1.165) is 45.1 Å². The van der Waals surface area contributed by atoms with Crippen LogP contribution >= 0.6 is 0 Å². The Morgan fingerprint density at radius 3 is 2.82 bits per heavy atom. The quantitative estimate of drug-likeness (QED) is 0.614. The van der Waals surface area contributed by atoms with Crippen LogP contribution in [-0.4, -0.2) is 56.4 Å². The Balaban J connectivity index is 1.95. The number of esters is 1. The van der Waals surface area contributed by atoms with Crippen molar-refractivity contribution in [2.45, 2.75) is 20.0 Å². The van der Waals surface area contributed by atoms with Gasteiger partial charge in [-0.3, -0.25) is 4.90 Å². The van der Waals surface area contributed by atoms with Gasteiger partial charge in [0.05, 0.1) is 24.9 Å². The first-order chi connectivity index (χ1) is 10.6. The molecule has 1 aromatic rings. The Morgan fingerprint density at radius 2 is 2.14 bits per heavy atom. The number of morpholine rings is 1. The second-order valence-electron chi connectivity index (χ2n) is 5.64. The molecule has 0 aromatic heterocycles. The molecule has 122 valence electrons. The zero-order valence-corrected chi connectivity index (χ0v) is 13.3. The summed E-state index contributed by atoms with van der Waals surface area (Å²) < 4.78 is 10.6. The molecule has 1 aliphatic heterocycles. The molecule has 1 heterocycles. The number of carbonyl (C=O) groups is 1. The van der Waals surface area contributed by atoms with E-state index in [1.165, 1.54) is 0 Å². The van der Waals surface area contributed by atoms with Crippen molar-refractivity contribution in [1.29, 1.82) is 0 Å². The Morgan fingerprint density at radius 1 is 1.41 bits per heavy atom. The fourth-order valence-electron chi connectivity index (χ4n) is 2.34. The first-order valence-electron chi connectivity index (χ1n) is 7.70. The summed E-state index contributed by atoms with van der Waals surface area (Å²) in [4.78, 5) is 14.5. The molecule has 1 saturated heterocycles. The molecule has 1 aliphatic rings. The lowest BCUT2D eigenvalue weighted by Gasteiger charge is -2.26. The van der Waals surface area contributed by atoms with Gasteiger partial charge in [0.2, 0.25) is 0 Å². The molecule has 1 fully saturated rings. The zero-order chi connectivity index (χ0) is 15.9. The van der Waals surface area contributed by atoms with Crippen molar-refractivity contribution in [1.82, 2.24) is 4.90 Å². The maximum atomic E-state index is 12.1. The monoisotopic (exact) mass is 307 g/mol. The first kappa shape index (κ1) is 16.6. The minimum Gasteiger partial charge on any atom is -0.459 e. The van der Waals surface area contributed by atoms with Crippen LogP contribution in [0.25, 0.3) is 0 Å². The maximum Gasteiger partial charge on any atom is 0.340 e. The summed E-state index contributed by atoms with van der Waals surface area (Å²) in [5.74, 6) is -0.351. The topological polar surface area (TPSA) is 76.8 Å². The molecule has 2 rings (SSSR count). The van der Waals surface area contributed by atoms with Crippen molar-refractivity contribution in [3.8, 4) is 0 Å². The summed E-state index contributed by atoms with van der Waals surface area (Å²) in [5, 5.41) is 3.30. The number of carbonyl (C=O) groups excluding carboxylic acids is 1. The summed E-state index contributed by atoms with van der Waals surface area (Å²) in [6.07, 6.45) is -0.157. The van der Waals surface area contributed by atoms with Crippen LogP contribution < -0.4 is 11.1 Å². The van der Waals surface area contributed by atoms with Crippen LogP contribution in [0.15, 0.2) is 18.2 Å². The number of benzene rings is 1. The van der Waals surface area contributed by atoms with Gasteiger partial charge in [-0.2, -0.15) is 0 Å². The highest BCUT2D eigenvalue weighted by Gasteiger charge is 2.15. The molecule has 0 saturated carbocycles. The molecule has 0 spiro atoms. The molecule has 6 nitrogen and oxygen atoms in total. The molecule has 0 amide bonds. The van der Waals surface area contributed by atoms with Crippen molar-refractivity contribution in [3.05, 3.63) is 23.8 Å². The SMILES string of the molecule is CC(C)OC(=O)c1cc(N)ccc1NCCN1CCOCC1. The number of hydrogen-bond donors (Lipinski definition) is 2. The van der Waals surface area contributed by atoms with Crippen molar-refractivity contribution in [2.75, 3.05) is 50.4 Å². The van der Waals surface area contributed by atoms with Gasteiger partial charge in [0.25, 0.3) is 0 Å². The van der Waals surface area contributed by atoms with Crippen LogP contribution in [-0.2, 0) is 9.47 Å². The Hall–Kier alpha value is -1.79. The van der Waals surface area contributed by atoms with E-state index in [-0.39, 0.29) is 12.1 Å². The van der Waals surface area contributed by atoms with Crippen molar-refractivity contribution < 1.29 is 14.3 Å². The third-order valence-corrected chi connectivity index (χ3v) is 3.45. The van der Waals surface area contributed by atoms with E-state index in [1.54, 1.807) is 12.1 Å². The van der Waals surface area contributed by atoms with E-state index in [4.69, 9.17) is 15.2 Å². The molecule has 22 heavy (non-hydrogen) atoms. The van der Waals surface area contributed by atoms with Gasteiger partial charge in [-0.05, 0) is 32.0 Å². The zero-order valence-electron chi connectivity index (χ0n) is 13.3. The summed E-state index contributed by atoms with van der Waals surface area (Å²) in [6, 6.07) is 5.26. The largest absolute Gasteiger partial charge is 0.459 e. The number of nitrogen functional groups attached to an aromatic ring is 1. The third kappa shape index (κ3) is 4.89. The summed E-state index contributed by atoms with van der Waals surface area (Å²) in [7, 11) is 0. The van der Waals surface area contributed by atoms with Crippen molar-refractivity contribution in [2.24, 2.45) is 0 Å². The number of hydrogen-bond acceptors (Lipinski definition) is 6. The second-order valence-corrected chi connectivity index (χ2v) is 5.64. The molecule has 6 heteroatoms. The highest BCUT2D eigenvalue weighted by molar-refractivity contribution is 5.96. The molecule has 0 unspecified atom stereocenters. The van der Waals surface area contributed by atoms with Crippen LogP contribution in [0.4, 0.5) is 11.4 Å². The lowest BCUT2D eigenvalue weighted by atomic mass is 10.1. The fourth-order valence-corrected chi connectivity index (χ4v) is 2.34. The molecule has 1 aromatic carbocycles. The van der Waals surface area contributed by atoms with Crippen LogP contribution in [0.3, 0.4) is 0 Å². The average Bonchev–Trinajstić information content (AvgIpc) is 2.49. The molecule has 0 radical (unpaired) electrons. The third-order valence-electron chi connectivity index (χ3n) is 3.45. The van der Waals surface area contributed by atoms with Gasteiger partial charge in [0.15, 0.2) is 0 Å². The van der Waals surface area contributed by atoms with Crippen molar-refractivity contribution >= 4 is 17.3 Å². The Kier molecular flexibility index (Phi) is 6.03. The summed E-state index contributed by atoms with van der Waals surface area (Å²) in [6.45, 7) is 8.79. The first-order valence-corrected chi connectivity index (χ1v) is 7.70. The highest BCUT2D eigenvalue weighted by atomic mass is 16.5. The van der Waals surface area contributed by atoms with E-state index in [2.05, 4.69) is 10.2 Å². The van der Waals surface area contributed by atoms with E-state index < -0.39 is 0 Å². The molecular weight excluding hydrogens is 282 g/mol. The standard InChI is InChI=1S/C16H25N3O3/c1-12(2)22-16(20)14-11-13(17)3-4-15(14)18-5-6-19-7-9-21-10-8-19/h3-4,11-12,18H,5-10,17H2,1-2H3. The summed E-state index contributed by atoms with van der Waals surface area (Å²) in [5.41, 5.74) is 7.57. The number of nitrogens with one attached hydrogen (secondary N) is 1. The van der Waals surface area contributed by atoms with E-state index in [0.29, 0.717) is 11.3 Å². The van der Waals surface area contributed by atoms with Gasteiger partial charge in [-0.25, -0.2) is 4.79 Å². The molecule has 0 bridgehead atoms. The van der Waals surface area contributed by atoms with Crippen LogP contribution in [0.1, 0.15) is 24.2 Å². The van der Waals surface area contributed by atoms with Gasteiger partial charge in [-0.1, -0.05) is 0 Å². The Labute approximate surface area is 131 Å². The lowest BCUT2D eigenvalue weighted by molar-refractivity contribution is 0.0379. The maximum absolute atomic E-state index is 12.1. The van der Waals surface area contributed by atoms with E-state index in [9.17, 15) is 4.79 Å². The average molecular weight is 307 g/mol. The van der Waals surface area contributed by atoms with Crippen LogP contribution in [0.2, 0.25) is 0 Å². The van der Waals surface area contributed by atoms with E-state index in [1.807, 2.05) is 19.9 Å². The molecular formula is C16H25N3O3.